The Morgan fingerprint density at radius 3 is 2.71 bits per heavy atom. The van der Waals surface area contributed by atoms with E-state index < -0.39 is 0 Å². The highest BCUT2D eigenvalue weighted by atomic mass is 79.9. The Bertz CT molecular complexity index is 525. The van der Waals surface area contributed by atoms with Crippen LogP contribution in [-0.4, -0.2) is 7.11 Å². The van der Waals surface area contributed by atoms with E-state index in [-0.39, 0.29) is 0 Å². The third kappa shape index (κ3) is 3.01. The molecule has 0 aliphatic rings. The summed E-state index contributed by atoms with van der Waals surface area (Å²) >= 11 is 3.47. The Hall–Kier alpha value is -1.48. The van der Waals surface area contributed by atoms with E-state index in [0.717, 1.165) is 27.9 Å². The Labute approximate surface area is 110 Å². The lowest BCUT2D eigenvalue weighted by Crippen LogP contribution is -1.95. The number of ether oxygens (including phenoxy) is 1. The fraction of sp³-hybridized carbons (Fsp3) is 0.143. The lowest BCUT2D eigenvalue weighted by molar-refractivity contribution is 0.410. The molecule has 3 heteroatoms. The number of nitrogens with two attached hydrogens (primary N) is 1. The standard InChI is InChI=1S/C14H14BrNO/c1-17-14-6-5-12(15)9-11(14)7-10-3-2-4-13(16)8-10/h2-6,8-9H,7,16H2,1H3. The molecule has 0 saturated heterocycles. The van der Waals surface area contributed by atoms with Gasteiger partial charge in [0.15, 0.2) is 0 Å². The van der Waals surface area contributed by atoms with Gasteiger partial charge in [0, 0.05) is 16.6 Å². The fourth-order valence-electron chi connectivity index (χ4n) is 1.81. The first kappa shape index (κ1) is 12.0. The number of methoxy groups -OCH3 is 1. The Morgan fingerprint density at radius 2 is 2.00 bits per heavy atom. The Morgan fingerprint density at radius 1 is 1.18 bits per heavy atom. The predicted octanol–water partition coefficient (Wildman–Crippen LogP) is 3.63. The van der Waals surface area contributed by atoms with E-state index in [1.807, 2.05) is 30.3 Å². The van der Waals surface area contributed by atoms with Crippen molar-refractivity contribution in [2.24, 2.45) is 0 Å². The van der Waals surface area contributed by atoms with E-state index in [9.17, 15) is 0 Å². The first-order chi connectivity index (χ1) is 8.19. The zero-order chi connectivity index (χ0) is 12.3. The molecule has 0 aliphatic heterocycles. The first-order valence-electron chi connectivity index (χ1n) is 5.36. The molecule has 17 heavy (non-hydrogen) atoms. The summed E-state index contributed by atoms with van der Waals surface area (Å²) in [6, 6.07) is 13.9. The van der Waals surface area contributed by atoms with Crippen molar-refractivity contribution >= 4 is 21.6 Å². The van der Waals surface area contributed by atoms with Crippen LogP contribution in [-0.2, 0) is 6.42 Å². The van der Waals surface area contributed by atoms with E-state index in [4.69, 9.17) is 10.5 Å². The van der Waals surface area contributed by atoms with Crippen molar-refractivity contribution in [1.82, 2.24) is 0 Å². The second kappa shape index (κ2) is 5.23. The molecular weight excluding hydrogens is 278 g/mol. The molecule has 2 aromatic carbocycles. The van der Waals surface area contributed by atoms with Crippen molar-refractivity contribution in [3.63, 3.8) is 0 Å². The van der Waals surface area contributed by atoms with Gasteiger partial charge in [-0.2, -0.15) is 0 Å². The molecule has 0 fully saturated rings. The maximum atomic E-state index is 5.77. The molecule has 2 aromatic rings. The van der Waals surface area contributed by atoms with Crippen molar-refractivity contribution in [3.05, 3.63) is 58.1 Å². The Balaban J connectivity index is 2.32. The molecule has 0 aliphatic carbocycles. The molecule has 2 N–H and O–H groups in total. The molecule has 0 spiro atoms. The van der Waals surface area contributed by atoms with E-state index in [0.29, 0.717) is 0 Å². The SMILES string of the molecule is COc1ccc(Br)cc1Cc1cccc(N)c1. The van der Waals surface area contributed by atoms with Crippen LogP contribution >= 0.6 is 15.9 Å². The zero-order valence-electron chi connectivity index (χ0n) is 9.61. The quantitative estimate of drug-likeness (QED) is 0.877. The number of hydrogen-bond acceptors (Lipinski definition) is 2. The summed E-state index contributed by atoms with van der Waals surface area (Å²) in [5, 5.41) is 0. The molecule has 2 rings (SSSR count). The van der Waals surface area contributed by atoms with Crippen LogP contribution in [0.15, 0.2) is 46.9 Å². The Kier molecular flexibility index (Phi) is 3.69. The van der Waals surface area contributed by atoms with Crippen LogP contribution in [0.2, 0.25) is 0 Å². The molecule has 0 radical (unpaired) electrons. The van der Waals surface area contributed by atoms with Gasteiger partial charge in [-0.05, 0) is 41.5 Å². The van der Waals surface area contributed by atoms with Gasteiger partial charge >= 0.3 is 0 Å². The maximum Gasteiger partial charge on any atom is 0.122 e. The van der Waals surface area contributed by atoms with Gasteiger partial charge in [0.2, 0.25) is 0 Å². The topological polar surface area (TPSA) is 35.2 Å². The molecule has 0 saturated carbocycles. The van der Waals surface area contributed by atoms with Crippen molar-refractivity contribution < 1.29 is 4.74 Å². The molecule has 0 aromatic heterocycles. The minimum absolute atomic E-state index is 0.788. The predicted molar refractivity (Wildman–Crippen MR) is 74.4 cm³/mol. The average Bonchev–Trinajstić information content (AvgIpc) is 2.29. The first-order valence-corrected chi connectivity index (χ1v) is 6.15. The highest BCUT2D eigenvalue weighted by Gasteiger charge is 2.05. The number of hydrogen-bond donors (Lipinski definition) is 1. The second-order valence-corrected chi connectivity index (χ2v) is 4.79. The number of benzene rings is 2. The summed E-state index contributed by atoms with van der Waals surface area (Å²) in [7, 11) is 1.69. The number of anilines is 1. The van der Waals surface area contributed by atoms with Crippen LogP contribution < -0.4 is 10.5 Å². The molecule has 0 atom stereocenters. The van der Waals surface area contributed by atoms with Crippen LogP contribution in [0.5, 0.6) is 5.75 Å². The number of rotatable bonds is 3. The summed E-state index contributed by atoms with van der Waals surface area (Å²) < 4.78 is 6.40. The fourth-order valence-corrected chi connectivity index (χ4v) is 2.22. The monoisotopic (exact) mass is 291 g/mol. The van der Waals surface area contributed by atoms with Gasteiger partial charge in [-0.25, -0.2) is 0 Å². The van der Waals surface area contributed by atoms with Gasteiger partial charge in [0.05, 0.1) is 7.11 Å². The molecule has 88 valence electrons. The maximum absolute atomic E-state index is 5.77. The van der Waals surface area contributed by atoms with E-state index in [1.54, 1.807) is 7.11 Å². The van der Waals surface area contributed by atoms with Crippen molar-refractivity contribution in [2.45, 2.75) is 6.42 Å². The summed E-state index contributed by atoms with van der Waals surface area (Å²) in [4.78, 5) is 0. The van der Waals surface area contributed by atoms with Crippen LogP contribution in [0.3, 0.4) is 0 Å². The van der Waals surface area contributed by atoms with Crippen molar-refractivity contribution in [2.75, 3.05) is 12.8 Å². The molecule has 0 bridgehead atoms. The molecular formula is C14H14BrNO. The third-order valence-corrected chi connectivity index (χ3v) is 3.08. The number of halogens is 1. The van der Waals surface area contributed by atoms with Crippen LogP contribution in [0.25, 0.3) is 0 Å². The van der Waals surface area contributed by atoms with Crippen molar-refractivity contribution in [1.29, 1.82) is 0 Å². The van der Waals surface area contributed by atoms with Gasteiger partial charge in [0.1, 0.15) is 5.75 Å². The van der Waals surface area contributed by atoms with Gasteiger partial charge in [-0.1, -0.05) is 28.1 Å². The van der Waals surface area contributed by atoms with Gasteiger partial charge in [-0.3, -0.25) is 0 Å². The smallest absolute Gasteiger partial charge is 0.122 e. The van der Waals surface area contributed by atoms with E-state index >= 15 is 0 Å². The highest BCUT2D eigenvalue weighted by molar-refractivity contribution is 9.10. The van der Waals surface area contributed by atoms with Gasteiger partial charge < -0.3 is 10.5 Å². The third-order valence-electron chi connectivity index (χ3n) is 2.59. The van der Waals surface area contributed by atoms with Crippen LogP contribution in [0, 0.1) is 0 Å². The molecule has 2 nitrogen and oxygen atoms in total. The normalized spacial score (nSPS) is 10.2. The second-order valence-electron chi connectivity index (χ2n) is 3.88. The minimum atomic E-state index is 0.788. The molecule has 0 unspecified atom stereocenters. The summed E-state index contributed by atoms with van der Waals surface area (Å²) in [5.74, 6) is 0.899. The van der Waals surface area contributed by atoms with Gasteiger partial charge in [-0.15, -0.1) is 0 Å². The zero-order valence-corrected chi connectivity index (χ0v) is 11.2. The summed E-state index contributed by atoms with van der Waals surface area (Å²) in [6.07, 6.45) is 0.813. The van der Waals surface area contributed by atoms with Crippen molar-refractivity contribution in [3.8, 4) is 5.75 Å². The van der Waals surface area contributed by atoms with E-state index in [2.05, 4.69) is 28.1 Å². The molecule has 0 heterocycles. The highest BCUT2D eigenvalue weighted by Crippen LogP contribution is 2.25. The lowest BCUT2D eigenvalue weighted by Gasteiger charge is -2.09. The minimum Gasteiger partial charge on any atom is -0.496 e. The summed E-state index contributed by atoms with van der Waals surface area (Å²) in [5.41, 5.74) is 8.89. The largest absolute Gasteiger partial charge is 0.496 e. The average molecular weight is 292 g/mol. The lowest BCUT2D eigenvalue weighted by atomic mass is 10.0. The number of nitrogen functional groups attached to an aromatic ring is 1. The molecule has 0 amide bonds. The van der Waals surface area contributed by atoms with Crippen LogP contribution in [0.4, 0.5) is 5.69 Å². The summed E-state index contributed by atoms with van der Waals surface area (Å²) in [6.45, 7) is 0. The van der Waals surface area contributed by atoms with Crippen LogP contribution in [0.1, 0.15) is 11.1 Å². The van der Waals surface area contributed by atoms with Gasteiger partial charge in [0.25, 0.3) is 0 Å². The van der Waals surface area contributed by atoms with E-state index in [1.165, 1.54) is 5.56 Å².